The Balaban J connectivity index is 0.00000338. The number of carbonyl (C=O) groups excluding carboxylic acids is 1. The van der Waals surface area contributed by atoms with Crippen molar-refractivity contribution < 1.29 is 22.7 Å². The van der Waals surface area contributed by atoms with Crippen LogP contribution in [0.5, 0.6) is 0 Å². The Morgan fingerprint density at radius 1 is 1.15 bits per heavy atom. The number of halogens is 1. The molecule has 0 unspecified atom stereocenters. The van der Waals surface area contributed by atoms with Crippen molar-refractivity contribution in [3.05, 3.63) is 29.8 Å². The molecule has 10 heteroatoms. The zero-order valence-corrected chi connectivity index (χ0v) is 16.4. The van der Waals surface area contributed by atoms with Crippen LogP contribution in [0.2, 0.25) is 0 Å². The number of nitrogens with one attached hydrogen (secondary N) is 2. The van der Waals surface area contributed by atoms with Crippen LogP contribution in [0, 0.1) is 0 Å². The molecule has 0 radical (unpaired) electrons. The molecule has 1 aliphatic rings. The fourth-order valence-corrected chi connectivity index (χ4v) is 3.41. The fourth-order valence-electron chi connectivity index (χ4n) is 2.38. The fraction of sp³-hybridized carbons (Fsp3) is 0.562. The number of benzene rings is 1. The lowest BCUT2D eigenvalue weighted by atomic mass is 10.2. The summed E-state index contributed by atoms with van der Waals surface area (Å²) in [4.78, 5) is 14.2. The smallest absolute Gasteiger partial charge is 0.254 e. The van der Waals surface area contributed by atoms with Crippen molar-refractivity contribution >= 4 is 28.3 Å². The molecule has 1 fully saturated rings. The summed E-state index contributed by atoms with van der Waals surface area (Å²) in [5.41, 5.74) is 0.474. The first kappa shape index (κ1) is 22.8. The van der Waals surface area contributed by atoms with Crippen molar-refractivity contribution in [3.63, 3.8) is 0 Å². The Bertz CT molecular complexity index is 648. The number of carbonyl (C=O) groups is 1. The zero-order chi connectivity index (χ0) is 18.1. The van der Waals surface area contributed by atoms with Gasteiger partial charge in [0, 0.05) is 45.4 Å². The van der Waals surface area contributed by atoms with Gasteiger partial charge < -0.3 is 19.7 Å². The molecule has 8 nitrogen and oxygen atoms in total. The first-order valence-corrected chi connectivity index (χ1v) is 9.69. The maximum Gasteiger partial charge on any atom is 0.254 e. The third-order valence-electron chi connectivity index (χ3n) is 3.79. The minimum absolute atomic E-state index is 0. The number of hydrogen-bond donors (Lipinski definition) is 2. The van der Waals surface area contributed by atoms with E-state index in [-0.39, 0.29) is 29.8 Å². The van der Waals surface area contributed by atoms with Gasteiger partial charge in [-0.25, -0.2) is 13.1 Å². The maximum absolute atomic E-state index is 12.3. The van der Waals surface area contributed by atoms with Gasteiger partial charge in [0.05, 0.1) is 24.7 Å². The van der Waals surface area contributed by atoms with Crippen LogP contribution in [-0.4, -0.2) is 78.9 Å². The molecule has 1 aromatic carbocycles. The van der Waals surface area contributed by atoms with Gasteiger partial charge in [0.1, 0.15) is 0 Å². The summed E-state index contributed by atoms with van der Waals surface area (Å²) in [5, 5.41) is 3.06. The third kappa shape index (κ3) is 6.82. The Morgan fingerprint density at radius 2 is 1.81 bits per heavy atom. The summed E-state index contributed by atoms with van der Waals surface area (Å²) < 4.78 is 37.1. The molecule has 0 bridgehead atoms. The molecule has 2 N–H and O–H groups in total. The Hall–Kier alpha value is -1.23. The summed E-state index contributed by atoms with van der Waals surface area (Å²) in [6.45, 7) is 4.19. The molecule has 2 rings (SSSR count). The van der Waals surface area contributed by atoms with Crippen molar-refractivity contribution in [2.45, 2.75) is 4.90 Å². The Labute approximate surface area is 160 Å². The van der Waals surface area contributed by atoms with E-state index in [2.05, 4.69) is 10.0 Å². The van der Waals surface area contributed by atoms with Gasteiger partial charge in [0.2, 0.25) is 10.0 Å². The molecule has 26 heavy (non-hydrogen) atoms. The molecular formula is C16H26ClN3O5S. The topological polar surface area (TPSA) is 97.0 Å². The van der Waals surface area contributed by atoms with Gasteiger partial charge in [-0.05, 0) is 24.3 Å². The predicted molar refractivity (Wildman–Crippen MR) is 100 cm³/mol. The van der Waals surface area contributed by atoms with E-state index in [0.29, 0.717) is 51.6 Å². The summed E-state index contributed by atoms with van der Waals surface area (Å²) in [7, 11) is -1.98. The predicted octanol–water partition coefficient (Wildman–Crippen LogP) is 0.0951. The lowest BCUT2D eigenvalue weighted by Gasteiger charge is -2.26. The minimum Gasteiger partial charge on any atom is -0.383 e. The molecule has 0 aliphatic carbocycles. The summed E-state index contributed by atoms with van der Waals surface area (Å²) >= 11 is 0. The third-order valence-corrected chi connectivity index (χ3v) is 5.26. The number of morpholine rings is 1. The highest BCUT2D eigenvalue weighted by molar-refractivity contribution is 7.89. The standard InChI is InChI=1S/C16H25N3O5S.ClH/c1-23-11-8-17-6-7-18-25(21,22)15-4-2-14(3-5-15)16(20)19-9-12-24-13-10-19;/h2-5,17-18H,6-13H2,1H3;1H. The van der Waals surface area contributed by atoms with Crippen LogP contribution < -0.4 is 10.0 Å². The van der Waals surface area contributed by atoms with Gasteiger partial charge in [-0.15, -0.1) is 12.4 Å². The molecule has 0 saturated carbocycles. The molecule has 1 heterocycles. The normalized spacial score (nSPS) is 14.7. The number of methoxy groups -OCH3 is 1. The van der Waals surface area contributed by atoms with E-state index in [1.165, 1.54) is 12.1 Å². The van der Waals surface area contributed by atoms with Crippen LogP contribution in [0.3, 0.4) is 0 Å². The molecule has 0 spiro atoms. The van der Waals surface area contributed by atoms with Gasteiger partial charge >= 0.3 is 0 Å². The van der Waals surface area contributed by atoms with Crippen molar-refractivity contribution in [2.75, 3.05) is 59.7 Å². The van der Waals surface area contributed by atoms with E-state index in [9.17, 15) is 13.2 Å². The average Bonchev–Trinajstić information content (AvgIpc) is 2.65. The van der Waals surface area contributed by atoms with E-state index < -0.39 is 10.0 Å². The highest BCUT2D eigenvalue weighted by atomic mass is 35.5. The molecule has 0 atom stereocenters. The second-order valence-corrected chi connectivity index (χ2v) is 7.34. The van der Waals surface area contributed by atoms with Gasteiger partial charge in [-0.3, -0.25) is 4.79 Å². The first-order valence-electron chi connectivity index (χ1n) is 8.21. The summed E-state index contributed by atoms with van der Waals surface area (Å²) in [5.74, 6) is -0.109. The van der Waals surface area contributed by atoms with Gasteiger partial charge in [0.15, 0.2) is 0 Å². The molecule has 0 aromatic heterocycles. The average molecular weight is 408 g/mol. The maximum atomic E-state index is 12.3. The zero-order valence-electron chi connectivity index (χ0n) is 14.8. The van der Waals surface area contributed by atoms with Crippen molar-refractivity contribution in [2.24, 2.45) is 0 Å². The number of amides is 1. The van der Waals surface area contributed by atoms with Gasteiger partial charge in [-0.2, -0.15) is 0 Å². The van der Waals surface area contributed by atoms with E-state index in [1.807, 2.05) is 0 Å². The van der Waals surface area contributed by atoms with Crippen LogP contribution in [0.25, 0.3) is 0 Å². The molecule has 1 aliphatic heterocycles. The van der Waals surface area contributed by atoms with E-state index in [0.717, 1.165) is 0 Å². The van der Waals surface area contributed by atoms with Gasteiger partial charge in [0.25, 0.3) is 5.91 Å². The number of nitrogens with zero attached hydrogens (tertiary/aromatic N) is 1. The highest BCUT2D eigenvalue weighted by Crippen LogP contribution is 2.13. The van der Waals surface area contributed by atoms with Crippen molar-refractivity contribution in [3.8, 4) is 0 Å². The number of sulfonamides is 1. The van der Waals surface area contributed by atoms with E-state index in [4.69, 9.17) is 9.47 Å². The highest BCUT2D eigenvalue weighted by Gasteiger charge is 2.19. The molecule has 1 amide bonds. The van der Waals surface area contributed by atoms with E-state index in [1.54, 1.807) is 24.1 Å². The Morgan fingerprint density at radius 3 is 2.42 bits per heavy atom. The summed E-state index contributed by atoms with van der Waals surface area (Å²) in [6.07, 6.45) is 0. The quantitative estimate of drug-likeness (QED) is 0.563. The second-order valence-electron chi connectivity index (χ2n) is 5.57. The van der Waals surface area contributed by atoms with Crippen LogP contribution in [-0.2, 0) is 19.5 Å². The number of hydrogen-bond acceptors (Lipinski definition) is 6. The van der Waals surface area contributed by atoms with Gasteiger partial charge in [-0.1, -0.05) is 0 Å². The van der Waals surface area contributed by atoms with E-state index >= 15 is 0 Å². The van der Waals surface area contributed by atoms with Crippen LogP contribution in [0.15, 0.2) is 29.2 Å². The SMILES string of the molecule is COCCNCCNS(=O)(=O)c1ccc(C(=O)N2CCOCC2)cc1.Cl. The number of ether oxygens (including phenoxy) is 2. The lowest BCUT2D eigenvalue weighted by Crippen LogP contribution is -2.40. The molecular weight excluding hydrogens is 382 g/mol. The monoisotopic (exact) mass is 407 g/mol. The number of rotatable bonds is 9. The molecule has 1 saturated heterocycles. The summed E-state index contributed by atoms with van der Waals surface area (Å²) in [6, 6.07) is 6.00. The van der Waals surface area contributed by atoms with Crippen LogP contribution in [0.1, 0.15) is 10.4 Å². The van der Waals surface area contributed by atoms with Crippen LogP contribution in [0.4, 0.5) is 0 Å². The minimum atomic E-state index is -3.59. The largest absolute Gasteiger partial charge is 0.383 e. The second kappa shape index (κ2) is 11.5. The Kier molecular flexibility index (Phi) is 10.1. The van der Waals surface area contributed by atoms with Crippen molar-refractivity contribution in [1.29, 1.82) is 0 Å². The van der Waals surface area contributed by atoms with Crippen molar-refractivity contribution in [1.82, 2.24) is 14.9 Å². The van der Waals surface area contributed by atoms with Crippen LogP contribution >= 0.6 is 12.4 Å². The lowest BCUT2D eigenvalue weighted by molar-refractivity contribution is 0.0303. The molecule has 1 aromatic rings. The molecule has 148 valence electrons. The first-order chi connectivity index (χ1) is 12.0.